The molecular formula is C13H21NO2. The van der Waals surface area contributed by atoms with E-state index in [0.29, 0.717) is 5.92 Å². The summed E-state index contributed by atoms with van der Waals surface area (Å²) in [5.41, 5.74) is 0.740. The minimum Gasteiger partial charge on any atom is -0.508 e. The van der Waals surface area contributed by atoms with Crippen LogP contribution in [0.15, 0.2) is 18.2 Å². The van der Waals surface area contributed by atoms with Gasteiger partial charge >= 0.3 is 0 Å². The molecule has 0 saturated carbocycles. The molecule has 0 spiro atoms. The van der Waals surface area contributed by atoms with Crippen LogP contribution in [0.2, 0.25) is 0 Å². The van der Waals surface area contributed by atoms with Gasteiger partial charge in [-0.2, -0.15) is 0 Å². The lowest BCUT2D eigenvalue weighted by Gasteiger charge is -2.16. The highest BCUT2D eigenvalue weighted by molar-refractivity contribution is 5.40. The number of phenols is 2. The number of hydrogen-bond donors (Lipinski definition) is 3. The lowest BCUT2D eigenvalue weighted by atomic mass is 10.1. The first kappa shape index (κ1) is 12.8. The van der Waals surface area contributed by atoms with Gasteiger partial charge in [0.1, 0.15) is 11.5 Å². The minimum atomic E-state index is 0.0471. The van der Waals surface area contributed by atoms with E-state index in [-0.39, 0.29) is 17.5 Å². The summed E-state index contributed by atoms with van der Waals surface area (Å²) in [6, 6.07) is 4.65. The topological polar surface area (TPSA) is 52.5 Å². The van der Waals surface area contributed by atoms with E-state index in [1.165, 1.54) is 12.1 Å². The first-order valence-corrected chi connectivity index (χ1v) is 5.76. The van der Waals surface area contributed by atoms with Gasteiger partial charge in [0.15, 0.2) is 0 Å². The maximum absolute atomic E-state index is 9.66. The van der Waals surface area contributed by atoms with E-state index in [2.05, 4.69) is 19.2 Å². The van der Waals surface area contributed by atoms with E-state index in [1.807, 2.05) is 6.92 Å². The number of aromatic hydroxyl groups is 2. The van der Waals surface area contributed by atoms with Crippen molar-refractivity contribution in [2.45, 2.75) is 33.2 Å². The molecule has 0 aliphatic heterocycles. The summed E-state index contributed by atoms with van der Waals surface area (Å²) in [5.74, 6) is 1.07. The number of rotatable bonds is 5. The molecular weight excluding hydrogens is 202 g/mol. The van der Waals surface area contributed by atoms with E-state index >= 15 is 0 Å². The van der Waals surface area contributed by atoms with Crippen LogP contribution in [-0.2, 0) is 0 Å². The molecule has 1 unspecified atom stereocenters. The quantitative estimate of drug-likeness (QED) is 0.673. The number of nitrogens with one attached hydrogen (secondary N) is 1. The summed E-state index contributed by atoms with van der Waals surface area (Å²) < 4.78 is 0. The Bertz CT molecular complexity index is 337. The molecule has 0 heterocycles. The lowest BCUT2D eigenvalue weighted by Crippen LogP contribution is -2.21. The second-order valence-corrected chi connectivity index (χ2v) is 4.60. The van der Waals surface area contributed by atoms with Crippen LogP contribution in [0.5, 0.6) is 11.5 Å². The fourth-order valence-electron chi connectivity index (χ4n) is 1.59. The van der Waals surface area contributed by atoms with Crippen LogP contribution < -0.4 is 5.32 Å². The van der Waals surface area contributed by atoms with Crippen molar-refractivity contribution in [2.75, 3.05) is 6.54 Å². The molecule has 0 saturated heterocycles. The van der Waals surface area contributed by atoms with Crippen LogP contribution in [0, 0.1) is 5.92 Å². The smallest absolute Gasteiger partial charge is 0.120 e. The molecule has 3 heteroatoms. The van der Waals surface area contributed by atoms with Gasteiger partial charge in [-0.1, -0.05) is 13.8 Å². The molecule has 0 aliphatic rings. The molecule has 3 N–H and O–H groups in total. The van der Waals surface area contributed by atoms with E-state index in [1.54, 1.807) is 6.07 Å². The Hall–Kier alpha value is -1.22. The van der Waals surface area contributed by atoms with Gasteiger partial charge in [-0.15, -0.1) is 0 Å². The molecule has 3 nitrogen and oxygen atoms in total. The van der Waals surface area contributed by atoms with Crippen molar-refractivity contribution in [1.82, 2.24) is 5.32 Å². The second-order valence-electron chi connectivity index (χ2n) is 4.60. The van der Waals surface area contributed by atoms with Crippen LogP contribution in [0.4, 0.5) is 0 Å². The van der Waals surface area contributed by atoms with E-state index in [9.17, 15) is 10.2 Å². The van der Waals surface area contributed by atoms with Crippen molar-refractivity contribution in [2.24, 2.45) is 5.92 Å². The predicted octanol–water partition coefficient (Wildman–Crippen LogP) is 2.79. The number of benzene rings is 1. The van der Waals surface area contributed by atoms with Gasteiger partial charge in [0.05, 0.1) is 0 Å². The Morgan fingerprint density at radius 1 is 1.19 bits per heavy atom. The summed E-state index contributed by atoms with van der Waals surface area (Å²) in [6.07, 6.45) is 1.10. The highest BCUT2D eigenvalue weighted by Gasteiger charge is 2.10. The van der Waals surface area contributed by atoms with Crippen LogP contribution in [0.3, 0.4) is 0 Å². The first-order chi connectivity index (χ1) is 7.50. The fourth-order valence-corrected chi connectivity index (χ4v) is 1.59. The van der Waals surface area contributed by atoms with Crippen LogP contribution in [0.25, 0.3) is 0 Å². The summed E-state index contributed by atoms with van der Waals surface area (Å²) in [5, 5.41) is 22.4. The van der Waals surface area contributed by atoms with Gasteiger partial charge in [-0.3, -0.25) is 0 Å². The molecule has 0 aliphatic carbocycles. The monoisotopic (exact) mass is 223 g/mol. The Kier molecular flexibility index (Phi) is 4.62. The van der Waals surface area contributed by atoms with Crippen molar-refractivity contribution >= 4 is 0 Å². The third-order valence-corrected chi connectivity index (χ3v) is 2.65. The lowest BCUT2D eigenvalue weighted by molar-refractivity contribution is 0.435. The van der Waals surface area contributed by atoms with Gasteiger partial charge in [-0.25, -0.2) is 0 Å². The van der Waals surface area contributed by atoms with Gasteiger partial charge in [0.25, 0.3) is 0 Å². The van der Waals surface area contributed by atoms with Crippen molar-refractivity contribution in [1.29, 1.82) is 0 Å². The van der Waals surface area contributed by atoms with E-state index < -0.39 is 0 Å². The first-order valence-electron chi connectivity index (χ1n) is 5.76. The van der Waals surface area contributed by atoms with Crippen LogP contribution in [-0.4, -0.2) is 16.8 Å². The standard InChI is InChI=1S/C13H21NO2/c1-9(2)6-7-14-10(3)12-8-11(15)4-5-13(12)16/h4-5,8-10,14-16H,6-7H2,1-3H3. The zero-order valence-electron chi connectivity index (χ0n) is 10.2. The Morgan fingerprint density at radius 3 is 2.50 bits per heavy atom. The van der Waals surface area contributed by atoms with Crippen LogP contribution in [0.1, 0.15) is 38.8 Å². The molecule has 90 valence electrons. The second kappa shape index (κ2) is 5.75. The molecule has 0 bridgehead atoms. The van der Waals surface area contributed by atoms with Crippen molar-refractivity contribution in [3.05, 3.63) is 23.8 Å². The van der Waals surface area contributed by atoms with Crippen molar-refractivity contribution < 1.29 is 10.2 Å². The largest absolute Gasteiger partial charge is 0.508 e. The summed E-state index contributed by atoms with van der Waals surface area (Å²) in [4.78, 5) is 0. The predicted molar refractivity (Wildman–Crippen MR) is 65.6 cm³/mol. The van der Waals surface area contributed by atoms with Gasteiger partial charge < -0.3 is 15.5 Å². The molecule has 0 fully saturated rings. The van der Waals surface area contributed by atoms with E-state index in [0.717, 1.165) is 18.5 Å². The van der Waals surface area contributed by atoms with E-state index in [4.69, 9.17) is 0 Å². The molecule has 1 aromatic rings. The van der Waals surface area contributed by atoms with Crippen LogP contribution >= 0.6 is 0 Å². The summed E-state index contributed by atoms with van der Waals surface area (Å²) in [6.45, 7) is 7.25. The SMILES string of the molecule is CC(C)CCNC(C)c1cc(O)ccc1O. The summed E-state index contributed by atoms with van der Waals surface area (Å²) in [7, 11) is 0. The molecule has 16 heavy (non-hydrogen) atoms. The Labute approximate surface area is 97.1 Å². The number of phenolic OH excluding ortho intramolecular Hbond substituents is 2. The average molecular weight is 223 g/mol. The molecule has 0 radical (unpaired) electrons. The third kappa shape index (κ3) is 3.74. The van der Waals surface area contributed by atoms with Gasteiger partial charge in [-0.05, 0) is 44.0 Å². The Balaban J connectivity index is 2.58. The zero-order valence-corrected chi connectivity index (χ0v) is 10.2. The average Bonchev–Trinajstić information content (AvgIpc) is 2.21. The van der Waals surface area contributed by atoms with Gasteiger partial charge in [0.2, 0.25) is 0 Å². The maximum atomic E-state index is 9.66. The highest BCUT2D eigenvalue weighted by atomic mass is 16.3. The molecule has 1 atom stereocenters. The summed E-state index contributed by atoms with van der Waals surface area (Å²) >= 11 is 0. The molecule has 1 aromatic carbocycles. The molecule has 1 rings (SSSR count). The number of hydrogen-bond acceptors (Lipinski definition) is 3. The maximum Gasteiger partial charge on any atom is 0.120 e. The Morgan fingerprint density at radius 2 is 1.88 bits per heavy atom. The fraction of sp³-hybridized carbons (Fsp3) is 0.538. The third-order valence-electron chi connectivity index (χ3n) is 2.65. The highest BCUT2D eigenvalue weighted by Crippen LogP contribution is 2.27. The van der Waals surface area contributed by atoms with Gasteiger partial charge in [0, 0.05) is 11.6 Å². The minimum absolute atomic E-state index is 0.0471. The van der Waals surface area contributed by atoms with Crippen molar-refractivity contribution in [3.8, 4) is 11.5 Å². The molecule has 0 amide bonds. The zero-order chi connectivity index (χ0) is 12.1. The molecule has 0 aromatic heterocycles. The van der Waals surface area contributed by atoms with Crippen molar-refractivity contribution in [3.63, 3.8) is 0 Å². The normalized spacial score (nSPS) is 13.0.